The number of nitrogens with zero attached hydrogens (tertiary/aromatic N) is 2. The van der Waals surface area contributed by atoms with Crippen LogP contribution in [0.2, 0.25) is 0 Å². The quantitative estimate of drug-likeness (QED) is 0.410. The van der Waals surface area contributed by atoms with Crippen LogP contribution in [0.25, 0.3) is 0 Å². The topological polar surface area (TPSA) is 72.0 Å². The third-order valence-corrected chi connectivity index (χ3v) is 5.64. The van der Waals surface area contributed by atoms with Crippen molar-refractivity contribution in [3.8, 4) is 0 Å². The SMILES string of the molecule is O=C(CSc1nnc(NC(=O)c2cccs2)s1)c1ccccc1. The number of anilines is 1. The number of hydrogen-bond donors (Lipinski definition) is 1. The number of hydrogen-bond acceptors (Lipinski definition) is 7. The first-order valence-corrected chi connectivity index (χ1v) is 9.30. The molecule has 2 heterocycles. The molecular formula is C15H11N3O2S3. The summed E-state index contributed by atoms with van der Waals surface area (Å²) >= 11 is 3.94. The number of thiophene rings is 1. The van der Waals surface area contributed by atoms with Gasteiger partial charge in [-0.3, -0.25) is 14.9 Å². The summed E-state index contributed by atoms with van der Waals surface area (Å²) in [5.41, 5.74) is 0.677. The molecule has 1 aromatic carbocycles. The zero-order chi connectivity index (χ0) is 16.1. The molecule has 5 nitrogen and oxygen atoms in total. The number of benzene rings is 1. The summed E-state index contributed by atoms with van der Waals surface area (Å²) in [5.74, 6) is 0.125. The molecule has 0 unspecified atom stereocenters. The Bertz CT molecular complexity index is 801. The maximum absolute atomic E-state index is 12.0. The number of thioether (sulfide) groups is 1. The molecule has 0 aliphatic heterocycles. The van der Waals surface area contributed by atoms with Gasteiger partial charge >= 0.3 is 0 Å². The second-order valence-electron chi connectivity index (χ2n) is 4.38. The van der Waals surface area contributed by atoms with Crippen LogP contribution in [0.4, 0.5) is 5.13 Å². The minimum absolute atomic E-state index is 0.0370. The third kappa shape index (κ3) is 4.25. The molecule has 3 rings (SSSR count). The van der Waals surface area contributed by atoms with Crippen LogP contribution in [0.5, 0.6) is 0 Å². The van der Waals surface area contributed by atoms with Crippen molar-refractivity contribution in [2.24, 2.45) is 0 Å². The lowest BCUT2D eigenvalue weighted by molar-refractivity contribution is 0.101. The fraction of sp³-hybridized carbons (Fsp3) is 0.0667. The van der Waals surface area contributed by atoms with Gasteiger partial charge in [0, 0.05) is 5.56 Å². The molecule has 1 N–H and O–H groups in total. The van der Waals surface area contributed by atoms with Crippen molar-refractivity contribution < 1.29 is 9.59 Å². The van der Waals surface area contributed by atoms with Gasteiger partial charge in [0.05, 0.1) is 10.6 Å². The molecule has 3 aromatic rings. The fourth-order valence-electron chi connectivity index (χ4n) is 1.72. The zero-order valence-electron chi connectivity index (χ0n) is 11.8. The van der Waals surface area contributed by atoms with E-state index in [9.17, 15) is 9.59 Å². The molecule has 0 aliphatic carbocycles. The van der Waals surface area contributed by atoms with E-state index in [1.165, 1.54) is 34.4 Å². The van der Waals surface area contributed by atoms with Crippen molar-refractivity contribution in [1.82, 2.24) is 10.2 Å². The zero-order valence-corrected chi connectivity index (χ0v) is 14.2. The third-order valence-electron chi connectivity index (χ3n) is 2.79. The summed E-state index contributed by atoms with van der Waals surface area (Å²) in [6.45, 7) is 0. The number of Topliss-reactive ketones (excluding diaryl/α,β-unsaturated/α-hetero) is 1. The van der Waals surface area contributed by atoms with E-state index in [-0.39, 0.29) is 17.4 Å². The predicted octanol–water partition coefficient (Wildman–Crippen LogP) is 3.83. The lowest BCUT2D eigenvalue weighted by atomic mass is 10.2. The van der Waals surface area contributed by atoms with E-state index in [2.05, 4.69) is 15.5 Å². The Morgan fingerprint density at radius 1 is 1.09 bits per heavy atom. The first kappa shape index (κ1) is 15.9. The van der Waals surface area contributed by atoms with Gasteiger partial charge in [0.1, 0.15) is 0 Å². The first-order chi connectivity index (χ1) is 11.2. The predicted molar refractivity (Wildman–Crippen MR) is 93.7 cm³/mol. The summed E-state index contributed by atoms with van der Waals surface area (Å²) in [4.78, 5) is 24.6. The van der Waals surface area contributed by atoms with Gasteiger partial charge in [0.25, 0.3) is 5.91 Å². The Balaban J connectivity index is 1.55. The van der Waals surface area contributed by atoms with Crippen molar-refractivity contribution in [3.05, 3.63) is 58.3 Å². The molecule has 23 heavy (non-hydrogen) atoms. The maximum atomic E-state index is 12.0. The van der Waals surface area contributed by atoms with E-state index < -0.39 is 0 Å². The monoisotopic (exact) mass is 361 g/mol. The van der Waals surface area contributed by atoms with E-state index in [0.29, 0.717) is 19.9 Å². The molecule has 1 amide bonds. The second-order valence-corrected chi connectivity index (χ2v) is 7.53. The lowest BCUT2D eigenvalue weighted by Crippen LogP contribution is -2.09. The summed E-state index contributed by atoms with van der Waals surface area (Å²) in [6, 6.07) is 12.7. The molecule has 0 saturated heterocycles. The highest BCUT2D eigenvalue weighted by Crippen LogP contribution is 2.26. The van der Waals surface area contributed by atoms with Crippen LogP contribution in [0.1, 0.15) is 20.0 Å². The van der Waals surface area contributed by atoms with Crippen LogP contribution in [0.3, 0.4) is 0 Å². The summed E-state index contributed by atoms with van der Waals surface area (Å²) in [5, 5.41) is 12.9. The molecule has 0 radical (unpaired) electrons. The fourth-order valence-corrected chi connectivity index (χ4v) is 3.98. The molecule has 0 atom stereocenters. The lowest BCUT2D eigenvalue weighted by Gasteiger charge is -1.98. The number of carbonyl (C=O) groups excluding carboxylic acids is 2. The van der Waals surface area contributed by atoms with Gasteiger partial charge < -0.3 is 0 Å². The molecule has 0 fully saturated rings. The molecular weight excluding hydrogens is 350 g/mol. The van der Waals surface area contributed by atoms with Gasteiger partial charge in [-0.05, 0) is 11.4 Å². The standard InChI is InChI=1S/C15H11N3O2S3/c19-11(10-5-2-1-3-6-10)9-22-15-18-17-14(23-15)16-13(20)12-7-4-8-21-12/h1-8H,9H2,(H,16,17,20). The molecule has 2 aromatic heterocycles. The van der Waals surface area contributed by atoms with Crippen molar-refractivity contribution >= 4 is 51.3 Å². The highest BCUT2D eigenvalue weighted by Gasteiger charge is 2.12. The summed E-state index contributed by atoms with van der Waals surface area (Å²) < 4.78 is 0.649. The van der Waals surface area contributed by atoms with Crippen LogP contribution in [-0.2, 0) is 0 Å². The minimum Gasteiger partial charge on any atom is -0.296 e. The van der Waals surface area contributed by atoms with Crippen LogP contribution < -0.4 is 5.32 Å². The summed E-state index contributed by atoms with van der Waals surface area (Å²) in [7, 11) is 0. The van der Waals surface area contributed by atoms with Gasteiger partial charge in [-0.15, -0.1) is 21.5 Å². The van der Waals surface area contributed by atoms with E-state index in [1.54, 1.807) is 18.2 Å². The Labute approximate surface area is 144 Å². The Morgan fingerprint density at radius 2 is 1.91 bits per heavy atom. The summed E-state index contributed by atoms with van der Waals surface area (Å²) in [6.07, 6.45) is 0. The Kier molecular flexibility index (Phi) is 5.16. The average Bonchev–Trinajstić information content (AvgIpc) is 3.25. The number of rotatable bonds is 6. The van der Waals surface area contributed by atoms with Gasteiger partial charge in [-0.2, -0.15) is 0 Å². The number of amides is 1. The van der Waals surface area contributed by atoms with Crippen LogP contribution in [-0.4, -0.2) is 27.6 Å². The average molecular weight is 361 g/mol. The van der Waals surface area contributed by atoms with Crippen molar-refractivity contribution in [3.63, 3.8) is 0 Å². The van der Waals surface area contributed by atoms with E-state index in [4.69, 9.17) is 0 Å². The van der Waals surface area contributed by atoms with Crippen molar-refractivity contribution in [2.45, 2.75) is 4.34 Å². The number of nitrogens with one attached hydrogen (secondary N) is 1. The highest BCUT2D eigenvalue weighted by atomic mass is 32.2. The Hall–Kier alpha value is -2.03. The highest BCUT2D eigenvalue weighted by molar-refractivity contribution is 8.01. The van der Waals surface area contributed by atoms with Crippen LogP contribution in [0.15, 0.2) is 52.2 Å². The van der Waals surface area contributed by atoms with Crippen molar-refractivity contribution in [2.75, 3.05) is 11.1 Å². The minimum atomic E-state index is -0.201. The van der Waals surface area contributed by atoms with Crippen LogP contribution >= 0.6 is 34.4 Å². The number of ketones is 1. The molecule has 0 aliphatic rings. The van der Waals surface area contributed by atoms with E-state index in [1.807, 2.05) is 29.6 Å². The smallest absolute Gasteiger partial charge is 0.267 e. The number of carbonyl (C=O) groups is 2. The first-order valence-electron chi connectivity index (χ1n) is 6.62. The van der Waals surface area contributed by atoms with E-state index in [0.717, 1.165) is 0 Å². The van der Waals surface area contributed by atoms with Gasteiger partial charge in [0.15, 0.2) is 10.1 Å². The number of aromatic nitrogens is 2. The van der Waals surface area contributed by atoms with Gasteiger partial charge in [-0.1, -0.05) is 59.5 Å². The molecule has 0 saturated carbocycles. The molecule has 116 valence electrons. The molecule has 8 heteroatoms. The van der Waals surface area contributed by atoms with Crippen LogP contribution in [0, 0.1) is 0 Å². The van der Waals surface area contributed by atoms with Crippen molar-refractivity contribution in [1.29, 1.82) is 0 Å². The normalized spacial score (nSPS) is 10.4. The molecule has 0 spiro atoms. The maximum Gasteiger partial charge on any atom is 0.267 e. The largest absolute Gasteiger partial charge is 0.296 e. The van der Waals surface area contributed by atoms with Gasteiger partial charge in [0.2, 0.25) is 5.13 Å². The molecule has 0 bridgehead atoms. The second kappa shape index (κ2) is 7.49. The Morgan fingerprint density at radius 3 is 2.65 bits per heavy atom. The van der Waals surface area contributed by atoms with Gasteiger partial charge in [-0.25, -0.2) is 0 Å². The van der Waals surface area contributed by atoms with E-state index >= 15 is 0 Å².